The van der Waals surface area contributed by atoms with Crippen molar-refractivity contribution in [2.45, 2.75) is 44.8 Å². The molecule has 10 nitrogen and oxygen atoms in total. The van der Waals surface area contributed by atoms with Crippen molar-refractivity contribution < 1.29 is 28.6 Å². The van der Waals surface area contributed by atoms with Crippen molar-refractivity contribution in [2.24, 2.45) is 11.3 Å². The highest BCUT2D eigenvalue weighted by Gasteiger charge is 2.51. The number of cyclic esters (lactones) is 1. The normalized spacial score (nSPS) is 22.8. The van der Waals surface area contributed by atoms with Gasteiger partial charge in [-0.05, 0) is 56.8 Å². The molecule has 1 N–H and O–H groups in total. The molecular weight excluding hydrogens is 440 g/mol. The molecule has 3 fully saturated rings. The van der Waals surface area contributed by atoms with Crippen molar-refractivity contribution in [1.82, 2.24) is 19.6 Å². The molecular formula is C24H32N4O6. The standard InChI is InChI=1S/C23H30N4O4.CH2O2/c28-21(19-4-13-30-17-19)26-11-5-23(6-12-26)14-20(31-22(23)29)16-25-9-2-18(3-10-25)15-27-8-1-7-24-27;2-1-3/h1,4,7-8,13,17-18,20H,2-3,5-6,9-12,14-16H2;1H,(H,2,3). The first kappa shape index (κ1) is 24.0. The summed E-state index contributed by atoms with van der Waals surface area (Å²) in [5.74, 6) is 0.566. The van der Waals surface area contributed by atoms with E-state index in [1.54, 1.807) is 6.07 Å². The Morgan fingerprint density at radius 1 is 1.21 bits per heavy atom. The first-order chi connectivity index (χ1) is 16.5. The minimum absolute atomic E-state index is 0.0236. The van der Waals surface area contributed by atoms with Crippen LogP contribution in [-0.4, -0.2) is 81.9 Å². The average molecular weight is 473 g/mol. The largest absolute Gasteiger partial charge is 0.483 e. The second-order valence-corrected chi connectivity index (χ2v) is 9.39. The second-order valence-electron chi connectivity index (χ2n) is 9.39. The number of carboxylic acid groups (broad SMARTS) is 1. The third-order valence-corrected chi connectivity index (χ3v) is 7.27. The van der Waals surface area contributed by atoms with Crippen molar-refractivity contribution >= 4 is 18.3 Å². The van der Waals surface area contributed by atoms with Crippen LogP contribution >= 0.6 is 0 Å². The maximum Gasteiger partial charge on any atom is 0.312 e. The van der Waals surface area contributed by atoms with E-state index in [9.17, 15) is 9.59 Å². The van der Waals surface area contributed by atoms with Gasteiger partial charge in [0.15, 0.2) is 0 Å². The quantitative estimate of drug-likeness (QED) is 0.519. The van der Waals surface area contributed by atoms with Crippen molar-refractivity contribution in [3.63, 3.8) is 0 Å². The van der Waals surface area contributed by atoms with Crippen LogP contribution in [0.1, 0.15) is 42.5 Å². The van der Waals surface area contributed by atoms with Gasteiger partial charge in [0.2, 0.25) is 0 Å². The molecule has 3 aliphatic rings. The summed E-state index contributed by atoms with van der Waals surface area (Å²) in [6.07, 6.45) is 11.2. The summed E-state index contributed by atoms with van der Waals surface area (Å²) in [7, 11) is 0. The molecule has 0 aromatic carbocycles. The van der Waals surface area contributed by atoms with Crippen molar-refractivity contribution in [3.05, 3.63) is 42.6 Å². The van der Waals surface area contributed by atoms with Crippen molar-refractivity contribution in [1.29, 1.82) is 0 Å². The van der Waals surface area contributed by atoms with Crippen LogP contribution in [0.25, 0.3) is 0 Å². The van der Waals surface area contributed by atoms with E-state index in [0.717, 1.165) is 45.4 Å². The molecule has 5 rings (SSSR count). The first-order valence-corrected chi connectivity index (χ1v) is 11.8. The molecule has 34 heavy (non-hydrogen) atoms. The summed E-state index contributed by atoms with van der Waals surface area (Å²) in [6.45, 7) is 4.81. The van der Waals surface area contributed by atoms with E-state index in [-0.39, 0.29) is 24.5 Å². The molecule has 1 atom stereocenters. The molecule has 3 aliphatic heterocycles. The van der Waals surface area contributed by atoms with Crippen LogP contribution in [0, 0.1) is 11.3 Å². The average Bonchev–Trinajstić information content (AvgIpc) is 3.60. The lowest BCUT2D eigenvalue weighted by Gasteiger charge is -2.36. The lowest BCUT2D eigenvalue weighted by Crippen LogP contribution is -2.45. The van der Waals surface area contributed by atoms with Crippen LogP contribution in [0.3, 0.4) is 0 Å². The molecule has 1 amide bonds. The number of aromatic nitrogens is 2. The maximum atomic E-state index is 12.8. The Bertz CT molecular complexity index is 929. The SMILES string of the molecule is O=C(c1ccoc1)N1CCC2(CC1)CC(CN1CCC(Cn3cccn3)CC1)OC2=O.O=CO. The van der Waals surface area contributed by atoms with Gasteiger partial charge in [0, 0.05) is 45.0 Å². The van der Waals surface area contributed by atoms with E-state index in [1.165, 1.54) is 12.5 Å². The molecule has 10 heteroatoms. The van der Waals surface area contributed by atoms with Gasteiger partial charge < -0.3 is 19.2 Å². The monoisotopic (exact) mass is 472 g/mol. The summed E-state index contributed by atoms with van der Waals surface area (Å²) in [4.78, 5) is 37.9. The Morgan fingerprint density at radius 2 is 1.94 bits per heavy atom. The van der Waals surface area contributed by atoms with Gasteiger partial charge in [-0.25, -0.2) is 0 Å². The molecule has 0 radical (unpaired) electrons. The Labute approximate surface area is 198 Å². The zero-order valence-electron chi connectivity index (χ0n) is 19.3. The number of furan rings is 1. The Hall–Kier alpha value is -3.14. The van der Waals surface area contributed by atoms with Gasteiger partial charge in [-0.1, -0.05) is 0 Å². The van der Waals surface area contributed by atoms with Gasteiger partial charge in [-0.2, -0.15) is 5.10 Å². The van der Waals surface area contributed by atoms with Crippen LogP contribution in [0.2, 0.25) is 0 Å². The molecule has 1 spiro atoms. The fourth-order valence-corrected chi connectivity index (χ4v) is 5.37. The Morgan fingerprint density at radius 3 is 2.56 bits per heavy atom. The molecule has 2 aromatic rings. The highest BCUT2D eigenvalue weighted by molar-refractivity contribution is 5.94. The predicted octanol–water partition coefficient (Wildman–Crippen LogP) is 2.13. The van der Waals surface area contributed by atoms with Gasteiger partial charge in [-0.15, -0.1) is 0 Å². The molecule has 5 heterocycles. The lowest BCUT2D eigenvalue weighted by atomic mass is 9.76. The zero-order chi connectivity index (χ0) is 24.0. The van der Waals surface area contributed by atoms with Gasteiger partial charge in [0.25, 0.3) is 12.4 Å². The molecule has 0 aliphatic carbocycles. The highest BCUT2D eigenvalue weighted by atomic mass is 16.6. The number of carbonyl (C=O) groups excluding carboxylic acids is 2. The molecule has 1 unspecified atom stereocenters. The smallest absolute Gasteiger partial charge is 0.312 e. The number of ether oxygens (including phenoxy) is 1. The Kier molecular flexibility index (Phi) is 7.66. The van der Waals surface area contributed by atoms with Gasteiger partial charge in [0.1, 0.15) is 12.4 Å². The van der Waals surface area contributed by atoms with Crippen molar-refractivity contribution in [3.8, 4) is 0 Å². The molecule has 184 valence electrons. The first-order valence-electron chi connectivity index (χ1n) is 11.8. The maximum absolute atomic E-state index is 12.8. The number of esters is 1. The number of rotatable bonds is 5. The van der Waals surface area contributed by atoms with Crippen LogP contribution in [0.4, 0.5) is 0 Å². The lowest BCUT2D eigenvalue weighted by molar-refractivity contribution is -0.151. The van der Waals surface area contributed by atoms with Crippen LogP contribution < -0.4 is 0 Å². The summed E-state index contributed by atoms with van der Waals surface area (Å²) in [5.41, 5.74) is 0.148. The summed E-state index contributed by atoms with van der Waals surface area (Å²) in [6, 6.07) is 3.65. The topological polar surface area (TPSA) is 118 Å². The Balaban J connectivity index is 0.000000868. The number of hydrogen-bond donors (Lipinski definition) is 1. The van der Waals surface area contributed by atoms with Crippen LogP contribution in [-0.2, 0) is 20.9 Å². The second kappa shape index (κ2) is 10.9. The minimum atomic E-state index is -0.420. The number of carbonyl (C=O) groups is 3. The van der Waals surface area contributed by atoms with E-state index >= 15 is 0 Å². The fourth-order valence-electron chi connectivity index (χ4n) is 5.37. The van der Waals surface area contributed by atoms with E-state index < -0.39 is 5.41 Å². The third kappa shape index (κ3) is 5.49. The summed E-state index contributed by atoms with van der Waals surface area (Å²) < 4.78 is 12.9. The van der Waals surface area contributed by atoms with Gasteiger partial charge in [-0.3, -0.25) is 24.0 Å². The van der Waals surface area contributed by atoms with Crippen LogP contribution in [0.15, 0.2) is 41.5 Å². The molecule has 0 saturated carbocycles. The number of amides is 1. The van der Waals surface area contributed by atoms with E-state index in [2.05, 4.69) is 10.00 Å². The highest BCUT2D eigenvalue weighted by Crippen LogP contribution is 2.43. The summed E-state index contributed by atoms with van der Waals surface area (Å²) >= 11 is 0. The number of piperidine rings is 2. The van der Waals surface area contributed by atoms with Crippen molar-refractivity contribution in [2.75, 3.05) is 32.7 Å². The minimum Gasteiger partial charge on any atom is -0.483 e. The van der Waals surface area contributed by atoms with E-state index in [1.807, 2.05) is 28.0 Å². The predicted molar refractivity (Wildman–Crippen MR) is 121 cm³/mol. The fraction of sp³-hybridized carbons (Fsp3) is 0.583. The zero-order valence-corrected chi connectivity index (χ0v) is 19.3. The van der Waals surface area contributed by atoms with Gasteiger partial charge in [0.05, 0.1) is 17.2 Å². The van der Waals surface area contributed by atoms with E-state index in [0.29, 0.717) is 37.4 Å². The number of likely N-dealkylation sites (tertiary alicyclic amines) is 2. The molecule has 0 bridgehead atoms. The van der Waals surface area contributed by atoms with Crippen LogP contribution in [0.5, 0.6) is 0 Å². The number of nitrogens with zero attached hydrogens (tertiary/aromatic N) is 4. The van der Waals surface area contributed by atoms with Gasteiger partial charge >= 0.3 is 5.97 Å². The third-order valence-electron chi connectivity index (χ3n) is 7.27. The molecule has 3 saturated heterocycles. The summed E-state index contributed by atoms with van der Waals surface area (Å²) in [5, 5.41) is 11.2. The number of hydrogen-bond acceptors (Lipinski definition) is 7. The molecule has 2 aromatic heterocycles. The van der Waals surface area contributed by atoms with E-state index in [4.69, 9.17) is 19.1 Å².